The van der Waals surface area contributed by atoms with Crippen molar-refractivity contribution in [2.24, 2.45) is 5.92 Å². The lowest BCUT2D eigenvalue weighted by Crippen LogP contribution is -2.38. The molecule has 1 saturated heterocycles. The van der Waals surface area contributed by atoms with Gasteiger partial charge in [0.25, 0.3) is 0 Å². The Kier molecular flexibility index (Phi) is 6.63. The minimum atomic E-state index is -0.923. The number of aryl methyl sites for hydroxylation is 1. The molecule has 2 saturated carbocycles. The normalized spacial score (nSPS) is 22.7. The Balaban J connectivity index is 1.14. The van der Waals surface area contributed by atoms with E-state index in [1.54, 1.807) is 12.1 Å². The van der Waals surface area contributed by atoms with Gasteiger partial charge in [0.1, 0.15) is 11.5 Å². The Morgan fingerprint density at radius 2 is 1.95 bits per heavy atom. The first-order valence-corrected chi connectivity index (χ1v) is 13.5. The van der Waals surface area contributed by atoms with Gasteiger partial charge in [0, 0.05) is 30.6 Å². The lowest BCUT2D eigenvalue weighted by molar-refractivity contribution is -0.136. The van der Waals surface area contributed by atoms with Gasteiger partial charge in [-0.1, -0.05) is 35.3 Å². The molecule has 194 valence electrons. The van der Waals surface area contributed by atoms with E-state index in [1.807, 2.05) is 35.1 Å². The summed E-state index contributed by atoms with van der Waals surface area (Å²) < 4.78 is 23.0. The van der Waals surface area contributed by atoms with E-state index in [9.17, 15) is 9.18 Å². The fourth-order valence-electron chi connectivity index (χ4n) is 5.92. The number of benzene rings is 2. The van der Waals surface area contributed by atoms with Crippen LogP contribution >= 0.6 is 23.2 Å². The number of piperidine rings is 1. The van der Waals surface area contributed by atoms with Gasteiger partial charge < -0.3 is 14.7 Å². The highest BCUT2D eigenvalue weighted by Gasteiger charge is 2.45. The number of carboxylic acid groups (broad SMARTS) is 1. The number of anilines is 1. The topological polar surface area (TPSA) is 67.6 Å². The predicted molar refractivity (Wildman–Crippen MR) is 140 cm³/mol. The second-order valence-corrected chi connectivity index (χ2v) is 11.2. The van der Waals surface area contributed by atoms with Crippen molar-refractivity contribution in [2.75, 3.05) is 11.4 Å². The first-order chi connectivity index (χ1) is 17.9. The van der Waals surface area contributed by atoms with Crippen molar-refractivity contribution in [2.45, 2.75) is 63.2 Å². The number of fused-ring (bicyclic) bond motifs is 2. The summed E-state index contributed by atoms with van der Waals surface area (Å²) in [5.74, 6) is -0.385. The first kappa shape index (κ1) is 24.7. The summed E-state index contributed by atoms with van der Waals surface area (Å²) in [5, 5.41) is 14.6. The van der Waals surface area contributed by atoms with Crippen LogP contribution in [0.1, 0.15) is 54.8 Å². The summed E-state index contributed by atoms with van der Waals surface area (Å²) in [6, 6.07) is 10.9. The van der Waals surface area contributed by atoms with Gasteiger partial charge in [-0.05, 0) is 73.4 Å². The first-order valence-electron chi connectivity index (χ1n) is 12.8. The van der Waals surface area contributed by atoms with Gasteiger partial charge in [0.15, 0.2) is 0 Å². The molecule has 1 aromatic heterocycles. The molecule has 6 rings (SSSR count). The molecule has 6 nitrogen and oxygen atoms in total. The lowest BCUT2D eigenvalue weighted by Gasteiger charge is -2.33. The Morgan fingerprint density at radius 3 is 2.59 bits per heavy atom. The van der Waals surface area contributed by atoms with E-state index < -0.39 is 5.97 Å². The van der Waals surface area contributed by atoms with Crippen molar-refractivity contribution in [1.29, 1.82) is 0 Å². The summed E-state index contributed by atoms with van der Waals surface area (Å²) in [4.78, 5) is 13.1. The van der Waals surface area contributed by atoms with Crippen LogP contribution in [0.2, 0.25) is 10.0 Å². The molecule has 9 heteroatoms. The van der Waals surface area contributed by atoms with Crippen molar-refractivity contribution in [1.82, 2.24) is 9.78 Å². The van der Waals surface area contributed by atoms with E-state index in [1.165, 1.54) is 5.56 Å². The molecule has 1 aliphatic heterocycles. The quantitative estimate of drug-likeness (QED) is 0.338. The molecule has 0 amide bonds. The van der Waals surface area contributed by atoms with Gasteiger partial charge in [-0.3, -0.25) is 4.79 Å². The summed E-state index contributed by atoms with van der Waals surface area (Å²) in [7, 11) is 0. The number of para-hydroxylation sites is 1. The lowest BCUT2D eigenvalue weighted by atomic mass is 10.0. The van der Waals surface area contributed by atoms with E-state index in [0.29, 0.717) is 45.8 Å². The number of rotatable bonds is 9. The van der Waals surface area contributed by atoms with Crippen LogP contribution < -0.4 is 4.90 Å². The molecule has 3 aliphatic rings. The highest BCUT2D eigenvalue weighted by atomic mass is 35.5. The number of aromatic nitrogens is 2. The van der Waals surface area contributed by atoms with Crippen LogP contribution in [0.4, 0.5) is 10.1 Å². The molecule has 2 aliphatic carbocycles. The van der Waals surface area contributed by atoms with Crippen molar-refractivity contribution in [3.05, 3.63) is 75.3 Å². The number of hydrogen-bond donors (Lipinski definition) is 1. The summed E-state index contributed by atoms with van der Waals surface area (Å²) >= 11 is 13.0. The van der Waals surface area contributed by atoms with E-state index in [2.05, 4.69) is 10.00 Å². The molecule has 2 aromatic carbocycles. The predicted octanol–water partition coefficient (Wildman–Crippen LogP) is 6.40. The maximum Gasteiger partial charge on any atom is 0.303 e. The van der Waals surface area contributed by atoms with Crippen LogP contribution in [0.25, 0.3) is 5.69 Å². The van der Waals surface area contributed by atoms with Crippen LogP contribution in [0.15, 0.2) is 42.6 Å². The van der Waals surface area contributed by atoms with Gasteiger partial charge >= 0.3 is 5.97 Å². The minimum Gasteiger partial charge on any atom is -0.481 e. The number of ether oxygens (including phenoxy) is 1. The molecule has 0 spiro atoms. The molecular formula is C28H28Cl2FN3O3. The monoisotopic (exact) mass is 543 g/mol. The third-order valence-corrected chi connectivity index (χ3v) is 8.57. The number of aliphatic carboxylic acids is 1. The molecule has 37 heavy (non-hydrogen) atoms. The van der Waals surface area contributed by atoms with E-state index in [0.717, 1.165) is 43.6 Å². The Labute approximate surface area is 224 Å². The molecule has 3 aromatic rings. The van der Waals surface area contributed by atoms with Crippen LogP contribution in [-0.4, -0.2) is 39.5 Å². The zero-order valence-electron chi connectivity index (χ0n) is 20.2. The Hall–Kier alpha value is -2.61. The van der Waals surface area contributed by atoms with Gasteiger partial charge in [0.05, 0.1) is 34.6 Å². The van der Waals surface area contributed by atoms with Crippen LogP contribution in [-0.2, 0) is 22.6 Å². The average molecular weight is 544 g/mol. The molecular weight excluding hydrogens is 516 g/mol. The number of halogens is 3. The third kappa shape index (κ3) is 4.85. The largest absolute Gasteiger partial charge is 0.481 e. The highest BCUT2D eigenvalue weighted by molar-refractivity contribution is 6.37. The van der Waals surface area contributed by atoms with E-state index >= 15 is 0 Å². The van der Waals surface area contributed by atoms with Gasteiger partial charge in [-0.25, -0.2) is 9.07 Å². The SMILES string of the molecule is O=C(O)CCc1ccc(N2C[C@@H]3C[C@H]2C[C@H]3OCc2c(C3CC3)cnn2-c2c(Cl)cccc2Cl)cc1F. The number of carboxylic acids is 1. The molecule has 0 radical (unpaired) electrons. The fourth-order valence-corrected chi connectivity index (χ4v) is 6.48. The van der Waals surface area contributed by atoms with Gasteiger partial charge in [-0.15, -0.1) is 0 Å². The van der Waals surface area contributed by atoms with Crippen LogP contribution in [0.3, 0.4) is 0 Å². The number of hydrogen-bond acceptors (Lipinski definition) is 4. The Morgan fingerprint density at radius 1 is 1.16 bits per heavy atom. The Bertz CT molecular complexity index is 1320. The zero-order chi connectivity index (χ0) is 25.7. The summed E-state index contributed by atoms with van der Waals surface area (Å²) in [5.41, 5.74) is 4.20. The van der Waals surface area contributed by atoms with E-state index in [4.69, 9.17) is 33.0 Å². The average Bonchev–Trinajstić information content (AvgIpc) is 3.32. The minimum absolute atomic E-state index is 0.0756. The van der Waals surface area contributed by atoms with Gasteiger partial charge in [-0.2, -0.15) is 5.10 Å². The second-order valence-electron chi connectivity index (χ2n) is 10.4. The van der Waals surface area contributed by atoms with Crippen molar-refractivity contribution in [3.8, 4) is 5.69 Å². The fraction of sp³-hybridized carbons (Fsp3) is 0.429. The van der Waals surface area contributed by atoms with Crippen molar-refractivity contribution >= 4 is 34.9 Å². The number of carbonyl (C=O) groups is 1. The third-order valence-electron chi connectivity index (χ3n) is 7.96. The zero-order valence-corrected chi connectivity index (χ0v) is 21.8. The van der Waals surface area contributed by atoms with Crippen molar-refractivity contribution in [3.63, 3.8) is 0 Å². The second kappa shape index (κ2) is 9.93. The highest BCUT2D eigenvalue weighted by Crippen LogP contribution is 2.45. The smallest absolute Gasteiger partial charge is 0.303 e. The molecule has 2 bridgehead atoms. The standard InChI is InChI=1S/C28H28Cl2FN3O3/c29-22-2-1-3-23(30)28(22)34-25(21(13-32-34)16-4-5-16)15-37-26-12-20-10-18(26)14-33(20)19-8-6-17(24(31)11-19)7-9-27(35)36/h1-3,6,8,11,13,16,18,20,26H,4-5,7,9-10,12,14-15H2,(H,35,36)/t18-,20-,26+/m0/s1. The van der Waals surface area contributed by atoms with Crippen molar-refractivity contribution < 1.29 is 19.0 Å². The van der Waals surface area contributed by atoms with Gasteiger partial charge in [0.2, 0.25) is 0 Å². The number of nitrogens with zero attached hydrogens (tertiary/aromatic N) is 3. The van der Waals surface area contributed by atoms with Crippen LogP contribution in [0, 0.1) is 11.7 Å². The maximum atomic E-state index is 14.6. The molecule has 0 unspecified atom stereocenters. The maximum absolute atomic E-state index is 14.6. The summed E-state index contributed by atoms with van der Waals surface area (Å²) in [6.07, 6.45) is 6.37. The molecule has 3 fully saturated rings. The molecule has 3 atom stereocenters. The molecule has 2 heterocycles. The summed E-state index contributed by atoms with van der Waals surface area (Å²) in [6.45, 7) is 1.25. The van der Waals surface area contributed by atoms with E-state index in [-0.39, 0.29) is 24.8 Å². The van der Waals surface area contributed by atoms with Crippen LogP contribution in [0.5, 0.6) is 0 Å². The molecule has 1 N–H and O–H groups in total.